The standard InChI is InChI=1S/C9H10N4S/c14-8-4-2-1-3-7(8)5-6-9-10-12-13-11-9/h1-3H,4-6H2,(H,10,11,12,13). The van der Waals surface area contributed by atoms with E-state index < -0.39 is 0 Å². The van der Waals surface area contributed by atoms with Crippen LogP contribution in [0.15, 0.2) is 23.8 Å². The van der Waals surface area contributed by atoms with Crippen molar-refractivity contribution in [3.8, 4) is 0 Å². The van der Waals surface area contributed by atoms with Crippen LogP contribution in [0.25, 0.3) is 0 Å². The maximum absolute atomic E-state index is 5.24. The lowest BCUT2D eigenvalue weighted by atomic mass is 10.0. The van der Waals surface area contributed by atoms with Crippen LogP contribution in [0.2, 0.25) is 0 Å². The molecule has 0 bridgehead atoms. The summed E-state index contributed by atoms with van der Waals surface area (Å²) in [5.74, 6) is 0.739. The minimum absolute atomic E-state index is 0.739. The number of H-pyrrole nitrogens is 1. The first-order valence-electron chi connectivity index (χ1n) is 4.47. The summed E-state index contributed by atoms with van der Waals surface area (Å²) < 4.78 is 0. The fraction of sp³-hybridized carbons (Fsp3) is 0.333. The average molecular weight is 206 g/mol. The molecule has 1 aliphatic carbocycles. The summed E-state index contributed by atoms with van der Waals surface area (Å²) in [6, 6.07) is 0. The summed E-state index contributed by atoms with van der Waals surface area (Å²) in [7, 11) is 0. The fourth-order valence-electron chi connectivity index (χ4n) is 1.34. The predicted octanol–water partition coefficient (Wildman–Crippen LogP) is 1.39. The Bertz CT molecular complexity index is 378. The van der Waals surface area contributed by atoms with E-state index in [1.165, 1.54) is 5.57 Å². The number of aromatic nitrogens is 4. The second kappa shape index (κ2) is 4.23. The van der Waals surface area contributed by atoms with E-state index in [1.807, 2.05) is 6.08 Å². The van der Waals surface area contributed by atoms with Crippen molar-refractivity contribution in [1.29, 1.82) is 0 Å². The molecular weight excluding hydrogens is 196 g/mol. The first kappa shape index (κ1) is 9.21. The van der Waals surface area contributed by atoms with Gasteiger partial charge >= 0.3 is 0 Å². The molecule has 0 amide bonds. The van der Waals surface area contributed by atoms with Gasteiger partial charge in [-0.1, -0.05) is 35.7 Å². The van der Waals surface area contributed by atoms with Gasteiger partial charge in [0.15, 0.2) is 5.82 Å². The van der Waals surface area contributed by atoms with Gasteiger partial charge in [0.1, 0.15) is 0 Å². The molecule has 1 heterocycles. The predicted molar refractivity (Wildman–Crippen MR) is 56.9 cm³/mol. The number of nitrogens with one attached hydrogen (secondary N) is 1. The molecule has 0 atom stereocenters. The molecule has 0 saturated heterocycles. The van der Waals surface area contributed by atoms with Crippen LogP contribution >= 0.6 is 12.2 Å². The monoisotopic (exact) mass is 206 g/mol. The van der Waals surface area contributed by atoms with Crippen molar-refractivity contribution < 1.29 is 0 Å². The zero-order chi connectivity index (χ0) is 9.80. The van der Waals surface area contributed by atoms with Crippen molar-refractivity contribution in [2.24, 2.45) is 0 Å². The summed E-state index contributed by atoms with van der Waals surface area (Å²) in [4.78, 5) is 1.02. The second-order valence-corrected chi connectivity index (χ2v) is 3.57. The maximum atomic E-state index is 5.24. The molecule has 14 heavy (non-hydrogen) atoms. The van der Waals surface area contributed by atoms with Gasteiger partial charge in [-0.05, 0) is 12.0 Å². The van der Waals surface area contributed by atoms with E-state index in [4.69, 9.17) is 12.2 Å². The van der Waals surface area contributed by atoms with Crippen molar-refractivity contribution in [3.05, 3.63) is 29.6 Å². The number of hydrogen-bond acceptors (Lipinski definition) is 4. The third-order valence-electron chi connectivity index (χ3n) is 2.10. The van der Waals surface area contributed by atoms with E-state index >= 15 is 0 Å². The molecular formula is C9H10N4S. The van der Waals surface area contributed by atoms with Gasteiger partial charge in [0.05, 0.1) is 0 Å². The number of nitrogens with zero attached hydrogens (tertiary/aromatic N) is 3. The van der Waals surface area contributed by atoms with Crippen LogP contribution in [-0.4, -0.2) is 25.5 Å². The second-order valence-electron chi connectivity index (χ2n) is 3.08. The number of rotatable bonds is 3. The molecule has 2 rings (SSSR count). The average Bonchev–Trinajstić information content (AvgIpc) is 2.69. The molecule has 1 aromatic rings. The van der Waals surface area contributed by atoms with Crippen LogP contribution in [0.1, 0.15) is 18.7 Å². The molecule has 0 saturated carbocycles. The highest BCUT2D eigenvalue weighted by atomic mass is 32.1. The Morgan fingerprint density at radius 2 is 2.36 bits per heavy atom. The van der Waals surface area contributed by atoms with E-state index in [-0.39, 0.29) is 0 Å². The largest absolute Gasteiger partial charge is 0.177 e. The maximum Gasteiger partial charge on any atom is 0.174 e. The molecule has 0 spiro atoms. The molecule has 1 aliphatic rings. The van der Waals surface area contributed by atoms with Crippen molar-refractivity contribution in [2.75, 3.05) is 0 Å². The molecule has 0 fully saturated rings. The molecule has 72 valence electrons. The smallest absolute Gasteiger partial charge is 0.174 e. The highest BCUT2D eigenvalue weighted by Gasteiger charge is 2.07. The first-order valence-corrected chi connectivity index (χ1v) is 4.88. The molecule has 0 aliphatic heterocycles. The lowest BCUT2D eigenvalue weighted by molar-refractivity contribution is 0.872. The lowest BCUT2D eigenvalue weighted by Crippen LogP contribution is -2.03. The van der Waals surface area contributed by atoms with E-state index in [9.17, 15) is 0 Å². The van der Waals surface area contributed by atoms with Crippen LogP contribution in [0.3, 0.4) is 0 Å². The number of aromatic amines is 1. The van der Waals surface area contributed by atoms with Gasteiger partial charge < -0.3 is 0 Å². The summed E-state index contributed by atoms with van der Waals surface area (Å²) in [5.41, 5.74) is 1.22. The van der Waals surface area contributed by atoms with Gasteiger partial charge in [0.25, 0.3) is 0 Å². The van der Waals surface area contributed by atoms with Gasteiger partial charge in [-0.3, -0.25) is 0 Å². The van der Waals surface area contributed by atoms with E-state index in [0.29, 0.717) is 0 Å². The van der Waals surface area contributed by atoms with E-state index in [1.54, 1.807) is 0 Å². The Hall–Kier alpha value is -1.36. The molecule has 5 heteroatoms. The first-order chi connectivity index (χ1) is 6.86. The fourth-order valence-corrected chi connectivity index (χ4v) is 1.61. The third-order valence-corrected chi connectivity index (χ3v) is 2.53. The third kappa shape index (κ3) is 2.11. The minimum Gasteiger partial charge on any atom is -0.177 e. The van der Waals surface area contributed by atoms with Gasteiger partial charge in [-0.2, -0.15) is 5.21 Å². The lowest BCUT2D eigenvalue weighted by Gasteiger charge is -2.08. The number of aryl methyl sites for hydroxylation is 1. The number of thiocarbonyl (C=S) groups is 1. The Morgan fingerprint density at radius 3 is 3.07 bits per heavy atom. The normalized spacial score (nSPS) is 15.7. The van der Waals surface area contributed by atoms with Crippen molar-refractivity contribution in [1.82, 2.24) is 20.6 Å². The Morgan fingerprint density at radius 1 is 1.43 bits per heavy atom. The highest BCUT2D eigenvalue weighted by Crippen LogP contribution is 2.14. The quantitative estimate of drug-likeness (QED) is 0.759. The van der Waals surface area contributed by atoms with Crippen LogP contribution in [-0.2, 0) is 6.42 Å². The van der Waals surface area contributed by atoms with Gasteiger partial charge in [0.2, 0.25) is 0 Å². The molecule has 0 aromatic carbocycles. The minimum atomic E-state index is 0.739. The van der Waals surface area contributed by atoms with Crippen LogP contribution in [0, 0.1) is 0 Å². The molecule has 0 radical (unpaired) electrons. The van der Waals surface area contributed by atoms with E-state index in [2.05, 4.69) is 32.8 Å². The number of tetrazole rings is 1. The van der Waals surface area contributed by atoms with Crippen LogP contribution < -0.4 is 0 Å². The van der Waals surface area contributed by atoms with Crippen LogP contribution in [0.5, 0.6) is 0 Å². The Balaban J connectivity index is 1.95. The zero-order valence-corrected chi connectivity index (χ0v) is 8.42. The summed E-state index contributed by atoms with van der Waals surface area (Å²) in [5, 5.41) is 13.7. The van der Waals surface area contributed by atoms with Gasteiger partial charge in [0, 0.05) is 17.7 Å². The van der Waals surface area contributed by atoms with Crippen molar-refractivity contribution >= 4 is 17.1 Å². The highest BCUT2D eigenvalue weighted by molar-refractivity contribution is 7.80. The molecule has 1 N–H and O–H groups in total. The number of allylic oxidation sites excluding steroid dienone is 4. The Kier molecular flexibility index (Phi) is 2.78. The SMILES string of the molecule is S=C1CC=CC=C1CCc1nn[nH]n1. The summed E-state index contributed by atoms with van der Waals surface area (Å²) in [6.07, 6.45) is 8.74. The summed E-state index contributed by atoms with van der Waals surface area (Å²) in [6.45, 7) is 0. The van der Waals surface area contributed by atoms with Crippen molar-refractivity contribution in [2.45, 2.75) is 19.3 Å². The van der Waals surface area contributed by atoms with Gasteiger partial charge in [-0.25, -0.2) is 0 Å². The zero-order valence-electron chi connectivity index (χ0n) is 7.60. The number of hydrogen-bond donors (Lipinski definition) is 1. The summed E-state index contributed by atoms with van der Waals surface area (Å²) >= 11 is 5.24. The van der Waals surface area contributed by atoms with Crippen molar-refractivity contribution in [3.63, 3.8) is 0 Å². The van der Waals surface area contributed by atoms with E-state index in [0.717, 1.165) is 30.0 Å². The van der Waals surface area contributed by atoms with Crippen LogP contribution in [0.4, 0.5) is 0 Å². The molecule has 4 nitrogen and oxygen atoms in total. The Labute approximate surface area is 87.1 Å². The molecule has 0 unspecified atom stereocenters. The topological polar surface area (TPSA) is 54.5 Å². The van der Waals surface area contributed by atoms with Gasteiger partial charge in [-0.15, -0.1) is 10.2 Å². The molecule has 1 aromatic heterocycles.